The van der Waals surface area contributed by atoms with Crippen molar-refractivity contribution in [1.29, 1.82) is 0 Å². The predicted octanol–water partition coefficient (Wildman–Crippen LogP) is 0.293. The molecule has 3 N–H and O–H groups in total. The molecule has 110 valence electrons. The van der Waals surface area contributed by atoms with Crippen LogP contribution in [0, 0.1) is 0 Å². The van der Waals surface area contributed by atoms with Gasteiger partial charge in [-0.05, 0) is 12.1 Å². The Bertz CT molecular complexity index is 453. The molecule has 1 fully saturated rings. The van der Waals surface area contributed by atoms with Crippen molar-refractivity contribution in [1.82, 2.24) is 4.90 Å². The van der Waals surface area contributed by atoms with E-state index in [1.807, 2.05) is 29.2 Å². The van der Waals surface area contributed by atoms with Crippen molar-refractivity contribution >= 4 is 11.6 Å². The summed E-state index contributed by atoms with van der Waals surface area (Å²) in [6.45, 7) is 2.74. The smallest absolute Gasteiger partial charge is 0.238 e. The number of carbonyl (C=O) groups excluding carboxylic acids is 1. The first-order valence-electron chi connectivity index (χ1n) is 6.69. The molecule has 0 saturated carbocycles. The highest BCUT2D eigenvalue weighted by Gasteiger charge is 2.23. The van der Waals surface area contributed by atoms with Gasteiger partial charge in [0.15, 0.2) is 0 Å². The van der Waals surface area contributed by atoms with Crippen LogP contribution in [-0.2, 0) is 9.53 Å². The van der Waals surface area contributed by atoms with Crippen LogP contribution in [-0.4, -0.2) is 56.8 Å². The highest BCUT2D eigenvalue weighted by molar-refractivity contribution is 5.93. The van der Waals surface area contributed by atoms with Crippen molar-refractivity contribution in [3.63, 3.8) is 0 Å². The van der Waals surface area contributed by atoms with E-state index in [0.717, 1.165) is 6.54 Å². The van der Waals surface area contributed by atoms with Gasteiger partial charge in [0.05, 0.1) is 32.6 Å². The number of amides is 1. The fourth-order valence-electron chi connectivity index (χ4n) is 2.24. The molecule has 1 atom stereocenters. The summed E-state index contributed by atoms with van der Waals surface area (Å²) < 4.78 is 10.6. The second-order valence-electron chi connectivity index (χ2n) is 4.68. The normalized spacial score (nSPS) is 19.6. The lowest BCUT2D eigenvalue weighted by Gasteiger charge is -2.34. The van der Waals surface area contributed by atoms with Crippen LogP contribution in [0.3, 0.4) is 0 Å². The number of nitrogens with one attached hydrogen (secondary N) is 1. The lowest BCUT2D eigenvalue weighted by molar-refractivity contribution is -0.119. The highest BCUT2D eigenvalue weighted by atomic mass is 16.5. The van der Waals surface area contributed by atoms with Gasteiger partial charge in [-0.15, -0.1) is 0 Å². The Labute approximate surface area is 118 Å². The molecule has 1 aromatic rings. The zero-order valence-electron chi connectivity index (χ0n) is 11.7. The molecule has 20 heavy (non-hydrogen) atoms. The van der Waals surface area contributed by atoms with Gasteiger partial charge in [0.2, 0.25) is 5.91 Å². The van der Waals surface area contributed by atoms with Crippen molar-refractivity contribution in [2.75, 3.05) is 45.3 Å². The quantitative estimate of drug-likeness (QED) is 0.810. The summed E-state index contributed by atoms with van der Waals surface area (Å²) in [6.07, 6.45) is 0. The highest BCUT2D eigenvalue weighted by Crippen LogP contribution is 2.22. The number of nitrogens with zero attached hydrogens (tertiary/aromatic N) is 1. The molecule has 1 heterocycles. The average molecular weight is 279 g/mol. The summed E-state index contributed by atoms with van der Waals surface area (Å²) in [5.74, 6) is 0.577. The molecule has 0 bridgehead atoms. The van der Waals surface area contributed by atoms with E-state index in [-0.39, 0.29) is 11.9 Å². The maximum atomic E-state index is 12.1. The zero-order chi connectivity index (χ0) is 14.4. The Morgan fingerprint density at radius 1 is 1.55 bits per heavy atom. The molecule has 1 unspecified atom stereocenters. The third kappa shape index (κ3) is 3.69. The van der Waals surface area contributed by atoms with Gasteiger partial charge in [-0.2, -0.15) is 0 Å². The van der Waals surface area contributed by atoms with Gasteiger partial charge in [0.1, 0.15) is 5.75 Å². The number of rotatable bonds is 5. The average Bonchev–Trinajstić information content (AvgIpc) is 2.48. The molecule has 0 radical (unpaired) electrons. The lowest BCUT2D eigenvalue weighted by atomic mass is 10.2. The van der Waals surface area contributed by atoms with E-state index in [1.54, 1.807) is 7.11 Å². The second kappa shape index (κ2) is 7.23. The van der Waals surface area contributed by atoms with Gasteiger partial charge in [0, 0.05) is 19.1 Å². The van der Waals surface area contributed by atoms with E-state index < -0.39 is 0 Å². The van der Waals surface area contributed by atoms with Crippen molar-refractivity contribution in [2.24, 2.45) is 5.73 Å². The number of carbonyl (C=O) groups is 1. The van der Waals surface area contributed by atoms with Crippen LogP contribution in [0.2, 0.25) is 0 Å². The lowest BCUT2D eigenvalue weighted by Crippen LogP contribution is -2.51. The molecule has 6 heteroatoms. The number of morpholine rings is 1. The first-order valence-corrected chi connectivity index (χ1v) is 6.69. The predicted molar refractivity (Wildman–Crippen MR) is 76.9 cm³/mol. The van der Waals surface area contributed by atoms with Gasteiger partial charge < -0.3 is 20.5 Å². The van der Waals surface area contributed by atoms with E-state index in [4.69, 9.17) is 15.2 Å². The SMILES string of the molecule is COc1ccccc1NC(=O)CN1CCOCC1CN. The molecule has 1 aliphatic rings. The minimum atomic E-state index is -0.0742. The fourth-order valence-corrected chi connectivity index (χ4v) is 2.24. The Kier molecular flexibility index (Phi) is 5.34. The number of benzene rings is 1. The molecule has 1 aliphatic heterocycles. The summed E-state index contributed by atoms with van der Waals surface area (Å²) in [4.78, 5) is 14.2. The van der Waals surface area contributed by atoms with Gasteiger partial charge in [-0.1, -0.05) is 12.1 Å². The number of hydrogen-bond acceptors (Lipinski definition) is 5. The summed E-state index contributed by atoms with van der Waals surface area (Å²) in [5, 5.41) is 2.87. The van der Waals surface area contributed by atoms with E-state index in [0.29, 0.717) is 37.7 Å². The van der Waals surface area contributed by atoms with Crippen LogP contribution in [0.5, 0.6) is 5.75 Å². The maximum Gasteiger partial charge on any atom is 0.238 e. The first-order chi connectivity index (χ1) is 9.74. The van der Waals surface area contributed by atoms with Crippen molar-refractivity contribution in [3.8, 4) is 5.75 Å². The van der Waals surface area contributed by atoms with Crippen molar-refractivity contribution in [2.45, 2.75) is 6.04 Å². The molecule has 0 aliphatic carbocycles. The van der Waals surface area contributed by atoms with Crippen LogP contribution >= 0.6 is 0 Å². The molecule has 2 rings (SSSR count). The third-order valence-electron chi connectivity index (χ3n) is 3.35. The van der Waals surface area contributed by atoms with Crippen LogP contribution < -0.4 is 15.8 Å². The van der Waals surface area contributed by atoms with E-state index in [1.165, 1.54) is 0 Å². The minimum Gasteiger partial charge on any atom is -0.495 e. The van der Waals surface area contributed by atoms with Gasteiger partial charge in [-0.25, -0.2) is 0 Å². The number of para-hydroxylation sites is 2. The van der Waals surface area contributed by atoms with Crippen LogP contribution in [0.4, 0.5) is 5.69 Å². The van der Waals surface area contributed by atoms with Gasteiger partial charge in [-0.3, -0.25) is 9.69 Å². The molecule has 6 nitrogen and oxygen atoms in total. The number of anilines is 1. The topological polar surface area (TPSA) is 76.8 Å². The molecule has 0 spiro atoms. The van der Waals surface area contributed by atoms with Crippen molar-refractivity contribution in [3.05, 3.63) is 24.3 Å². The van der Waals surface area contributed by atoms with Crippen LogP contribution in [0.25, 0.3) is 0 Å². The number of nitrogens with two attached hydrogens (primary N) is 1. The zero-order valence-corrected chi connectivity index (χ0v) is 11.7. The summed E-state index contributed by atoms with van der Waals surface area (Å²) in [5.41, 5.74) is 6.37. The molecule has 1 aromatic carbocycles. The van der Waals surface area contributed by atoms with Crippen LogP contribution in [0.15, 0.2) is 24.3 Å². The summed E-state index contributed by atoms with van der Waals surface area (Å²) >= 11 is 0. The second-order valence-corrected chi connectivity index (χ2v) is 4.68. The molecular weight excluding hydrogens is 258 g/mol. The Morgan fingerprint density at radius 3 is 3.10 bits per heavy atom. The molecule has 1 saturated heterocycles. The summed E-state index contributed by atoms with van der Waals surface area (Å²) in [7, 11) is 1.58. The molecular formula is C14H21N3O3. The largest absolute Gasteiger partial charge is 0.495 e. The van der Waals surface area contributed by atoms with Crippen LogP contribution in [0.1, 0.15) is 0 Å². The Morgan fingerprint density at radius 2 is 2.35 bits per heavy atom. The molecule has 1 amide bonds. The summed E-state index contributed by atoms with van der Waals surface area (Å²) in [6, 6.07) is 7.45. The Hall–Kier alpha value is -1.63. The fraction of sp³-hybridized carbons (Fsp3) is 0.500. The van der Waals surface area contributed by atoms with E-state index in [2.05, 4.69) is 5.32 Å². The monoisotopic (exact) mass is 279 g/mol. The maximum absolute atomic E-state index is 12.1. The van der Waals surface area contributed by atoms with E-state index in [9.17, 15) is 4.79 Å². The molecule has 0 aromatic heterocycles. The van der Waals surface area contributed by atoms with Gasteiger partial charge >= 0.3 is 0 Å². The van der Waals surface area contributed by atoms with Gasteiger partial charge in [0.25, 0.3) is 0 Å². The standard InChI is InChI=1S/C14H21N3O3/c1-19-13-5-3-2-4-12(13)16-14(18)9-17-6-7-20-10-11(17)8-15/h2-5,11H,6-10,15H2,1H3,(H,16,18). The number of hydrogen-bond donors (Lipinski definition) is 2. The first kappa shape index (κ1) is 14.8. The van der Waals surface area contributed by atoms with E-state index >= 15 is 0 Å². The Balaban J connectivity index is 1.94. The number of methoxy groups -OCH3 is 1. The minimum absolute atomic E-state index is 0.0742. The number of ether oxygens (including phenoxy) is 2. The van der Waals surface area contributed by atoms with Crippen molar-refractivity contribution < 1.29 is 14.3 Å². The third-order valence-corrected chi connectivity index (χ3v) is 3.35.